The lowest BCUT2D eigenvalue weighted by Gasteiger charge is -2.44. The van der Waals surface area contributed by atoms with Crippen LogP contribution in [-0.4, -0.2) is 46.2 Å². The van der Waals surface area contributed by atoms with Gasteiger partial charge in [0.1, 0.15) is 0 Å². The molecule has 2 nitrogen and oxygen atoms in total. The zero-order valence-electron chi connectivity index (χ0n) is 12.4. The Hall–Kier alpha value is 0.270. The predicted molar refractivity (Wildman–Crippen MR) is 80.1 cm³/mol. The van der Waals surface area contributed by atoms with E-state index in [0.29, 0.717) is 17.4 Å². The number of hydrogen-bond donors (Lipinski definition) is 1. The summed E-state index contributed by atoms with van der Waals surface area (Å²) in [6, 6.07) is 0.654. The minimum absolute atomic E-state index is 0.0740. The molecule has 1 saturated heterocycles. The highest BCUT2D eigenvalue weighted by Gasteiger charge is 2.36. The molecule has 0 bridgehead atoms. The average Bonchev–Trinajstić information content (AvgIpc) is 2.29. The number of aliphatic hydroxyl groups excluding tert-OH is 1. The standard InChI is InChI=1S/C15H29NOS/c1-11-12(2)18-8-7-16(11)10-13-9-15(3,4)6-5-14(13)17/h11-14,17H,5-10H2,1-4H3. The van der Waals surface area contributed by atoms with E-state index in [1.165, 1.54) is 25.1 Å². The first-order valence-electron chi connectivity index (χ1n) is 7.43. The van der Waals surface area contributed by atoms with Crippen molar-refractivity contribution in [3.8, 4) is 0 Å². The van der Waals surface area contributed by atoms with Gasteiger partial charge in [0.25, 0.3) is 0 Å². The van der Waals surface area contributed by atoms with E-state index in [0.717, 1.165) is 18.2 Å². The van der Waals surface area contributed by atoms with Gasteiger partial charge in [-0.1, -0.05) is 20.8 Å². The van der Waals surface area contributed by atoms with Crippen LogP contribution in [0.25, 0.3) is 0 Å². The molecule has 0 aromatic rings. The number of nitrogens with zero attached hydrogens (tertiary/aromatic N) is 1. The summed E-state index contributed by atoms with van der Waals surface area (Å²) in [4.78, 5) is 2.61. The van der Waals surface area contributed by atoms with E-state index in [2.05, 4.69) is 44.4 Å². The van der Waals surface area contributed by atoms with Gasteiger partial charge in [-0.2, -0.15) is 11.8 Å². The molecule has 4 atom stereocenters. The van der Waals surface area contributed by atoms with Crippen LogP contribution in [0, 0.1) is 11.3 Å². The molecule has 1 aliphatic heterocycles. The highest BCUT2D eigenvalue weighted by atomic mass is 32.2. The predicted octanol–water partition coefficient (Wildman–Crippen LogP) is 3.00. The largest absolute Gasteiger partial charge is 0.393 e. The summed E-state index contributed by atoms with van der Waals surface area (Å²) < 4.78 is 0. The third kappa shape index (κ3) is 3.43. The Bertz CT molecular complexity index is 282. The second-order valence-corrected chi connectivity index (χ2v) is 8.53. The first kappa shape index (κ1) is 14.7. The van der Waals surface area contributed by atoms with Crippen molar-refractivity contribution in [2.24, 2.45) is 11.3 Å². The molecule has 2 aliphatic rings. The molecule has 2 rings (SSSR count). The second-order valence-electron chi connectivity index (χ2n) is 7.05. The van der Waals surface area contributed by atoms with Gasteiger partial charge in [-0.15, -0.1) is 0 Å². The van der Waals surface area contributed by atoms with Gasteiger partial charge < -0.3 is 5.11 Å². The van der Waals surface area contributed by atoms with E-state index < -0.39 is 0 Å². The topological polar surface area (TPSA) is 23.5 Å². The van der Waals surface area contributed by atoms with Crippen LogP contribution in [0.2, 0.25) is 0 Å². The van der Waals surface area contributed by atoms with Crippen LogP contribution in [0.5, 0.6) is 0 Å². The normalized spacial score (nSPS) is 41.8. The molecule has 1 N–H and O–H groups in total. The van der Waals surface area contributed by atoms with Crippen molar-refractivity contribution < 1.29 is 5.11 Å². The van der Waals surface area contributed by atoms with Crippen LogP contribution in [-0.2, 0) is 0 Å². The third-order valence-corrected chi connectivity index (χ3v) is 6.30. The van der Waals surface area contributed by atoms with Crippen molar-refractivity contribution in [3.63, 3.8) is 0 Å². The molecule has 2 fully saturated rings. The van der Waals surface area contributed by atoms with Crippen LogP contribution in [0.4, 0.5) is 0 Å². The van der Waals surface area contributed by atoms with Gasteiger partial charge in [0.2, 0.25) is 0 Å². The van der Waals surface area contributed by atoms with E-state index >= 15 is 0 Å². The van der Waals surface area contributed by atoms with Crippen molar-refractivity contribution in [1.82, 2.24) is 4.90 Å². The van der Waals surface area contributed by atoms with E-state index in [4.69, 9.17) is 0 Å². The van der Waals surface area contributed by atoms with Crippen LogP contribution >= 0.6 is 11.8 Å². The van der Waals surface area contributed by atoms with Gasteiger partial charge in [-0.05, 0) is 37.5 Å². The molecule has 1 heterocycles. The lowest BCUT2D eigenvalue weighted by atomic mass is 9.70. The summed E-state index contributed by atoms with van der Waals surface area (Å²) >= 11 is 2.09. The Morgan fingerprint density at radius 3 is 2.78 bits per heavy atom. The smallest absolute Gasteiger partial charge is 0.0581 e. The Morgan fingerprint density at radius 2 is 2.06 bits per heavy atom. The Balaban J connectivity index is 1.94. The second kappa shape index (κ2) is 5.72. The van der Waals surface area contributed by atoms with E-state index in [9.17, 15) is 5.11 Å². The number of thioether (sulfide) groups is 1. The van der Waals surface area contributed by atoms with Gasteiger partial charge in [0.15, 0.2) is 0 Å². The van der Waals surface area contributed by atoms with Gasteiger partial charge in [0.05, 0.1) is 6.10 Å². The molecule has 1 aliphatic carbocycles. The van der Waals surface area contributed by atoms with Crippen molar-refractivity contribution in [2.75, 3.05) is 18.8 Å². The summed E-state index contributed by atoms with van der Waals surface area (Å²) in [6.07, 6.45) is 3.27. The average molecular weight is 271 g/mol. The van der Waals surface area contributed by atoms with E-state index in [1.54, 1.807) is 0 Å². The maximum absolute atomic E-state index is 10.3. The first-order valence-corrected chi connectivity index (χ1v) is 8.48. The van der Waals surface area contributed by atoms with Crippen molar-refractivity contribution in [3.05, 3.63) is 0 Å². The molecule has 0 aromatic carbocycles. The Labute approximate surface area is 117 Å². The lowest BCUT2D eigenvalue weighted by Crippen LogP contribution is -2.49. The molecule has 0 spiro atoms. The molecule has 3 heteroatoms. The highest BCUT2D eigenvalue weighted by molar-refractivity contribution is 8.00. The molecular weight excluding hydrogens is 242 g/mol. The monoisotopic (exact) mass is 271 g/mol. The molecule has 0 amide bonds. The molecule has 1 saturated carbocycles. The summed E-state index contributed by atoms with van der Waals surface area (Å²) in [6.45, 7) is 11.7. The quantitative estimate of drug-likeness (QED) is 0.835. The fraction of sp³-hybridized carbons (Fsp3) is 1.00. The van der Waals surface area contributed by atoms with Gasteiger partial charge in [0, 0.05) is 30.1 Å². The SMILES string of the molecule is CC1SCCN(CC2CC(C)(C)CCC2O)C1C. The number of aliphatic hydroxyl groups is 1. The molecule has 4 unspecified atom stereocenters. The summed E-state index contributed by atoms with van der Waals surface area (Å²) in [7, 11) is 0. The molecule has 0 radical (unpaired) electrons. The fourth-order valence-corrected chi connectivity index (χ4v) is 4.63. The maximum Gasteiger partial charge on any atom is 0.0581 e. The zero-order valence-corrected chi connectivity index (χ0v) is 13.2. The van der Waals surface area contributed by atoms with Crippen LogP contribution in [0.1, 0.15) is 47.0 Å². The molecule has 0 aromatic heterocycles. The van der Waals surface area contributed by atoms with Crippen molar-refractivity contribution >= 4 is 11.8 Å². The van der Waals surface area contributed by atoms with Crippen LogP contribution in [0.15, 0.2) is 0 Å². The Morgan fingerprint density at radius 1 is 1.33 bits per heavy atom. The number of rotatable bonds is 2. The first-order chi connectivity index (χ1) is 8.39. The molecular formula is C15H29NOS. The van der Waals surface area contributed by atoms with Gasteiger partial charge >= 0.3 is 0 Å². The maximum atomic E-state index is 10.3. The summed E-state index contributed by atoms with van der Waals surface area (Å²) in [5, 5.41) is 11.0. The van der Waals surface area contributed by atoms with Crippen molar-refractivity contribution in [1.29, 1.82) is 0 Å². The third-order valence-electron chi connectivity index (χ3n) is 4.96. The van der Waals surface area contributed by atoms with E-state index in [-0.39, 0.29) is 6.10 Å². The fourth-order valence-electron chi connectivity index (χ4n) is 3.46. The summed E-state index contributed by atoms with van der Waals surface area (Å²) in [5.41, 5.74) is 0.420. The highest BCUT2D eigenvalue weighted by Crippen LogP contribution is 2.39. The lowest BCUT2D eigenvalue weighted by molar-refractivity contribution is -0.000988. The van der Waals surface area contributed by atoms with Crippen LogP contribution in [0.3, 0.4) is 0 Å². The van der Waals surface area contributed by atoms with Gasteiger partial charge in [-0.3, -0.25) is 4.90 Å². The molecule has 18 heavy (non-hydrogen) atoms. The van der Waals surface area contributed by atoms with Gasteiger partial charge in [-0.25, -0.2) is 0 Å². The zero-order chi connectivity index (χ0) is 13.3. The number of hydrogen-bond acceptors (Lipinski definition) is 3. The summed E-state index contributed by atoms with van der Waals surface area (Å²) in [5.74, 6) is 1.73. The van der Waals surface area contributed by atoms with E-state index in [1.807, 2.05) is 0 Å². The van der Waals surface area contributed by atoms with Crippen molar-refractivity contribution in [2.45, 2.75) is 64.4 Å². The molecule has 106 valence electrons. The van der Waals surface area contributed by atoms with Crippen LogP contribution < -0.4 is 0 Å². The minimum Gasteiger partial charge on any atom is -0.393 e. The Kier molecular flexibility index (Phi) is 4.66. The minimum atomic E-state index is -0.0740.